The van der Waals surface area contributed by atoms with Crippen molar-refractivity contribution in [2.24, 2.45) is 0 Å². The van der Waals surface area contributed by atoms with E-state index in [4.69, 9.17) is 4.74 Å². The topological polar surface area (TPSA) is 38.3 Å². The Labute approximate surface area is 152 Å². The van der Waals surface area contributed by atoms with Gasteiger partial charge in [0.25, 0.3) is 5.91 Å². The summed E-state index contributed by atoms with van der Waals surface area (Å²) in [6, 6.07) is 15.5. The summed E-state index contributed by atoms with van der Waals surface area (Å²) < 4.78 is 6.79. The molecule has 0 aliphatic carbocycles. The zero-order chi connectivity index (χ0) is 17.7. The van der Waals surface area contributed by atoms with Crippen LogP contribution in [0.2, 0.25) is 0 Å². The lowest BCUT2D eigenvalue weighted by Gasteiger charge is -2.21. The highest BCUT2D eigenvalue weighted by atomic mass is 79.9. The van der Waals surface area contributed by atoms with Crippen molar-refractivity contribution in [3.05, 3.63) is 58.6 Å². The monoisotopic (exact) mass is 389 g/mol. The Balaban J connectivity index is 2.04. The summed E-state index contributed by atoms with van der Waals surface area (Å²) in [7, 11) is 0. The van der Waals surface area contributed by atoms with Gasteiger partial charge in [-0.05, 0) is 47.7 Å². The molecule has 1 atom stereocenters. The van der Waals surface area contributed by atoms with Crippen molar-refractivity contribution in [1.29, 1.82) is 0 Å². The Morgan fingerprint density at radius 1 is 1.17 bits per heavy atom. The lowest BCUT2D eigenvalue weighted by molar-refractivity contribution is -0.122. The molecular formula is C20H24BrNO2. The maximum atomic E-state index is 12.4. The Hall–Kier alpha value is -1.81. The summed E-state index contributed by atoms with van der Waals surface area (Å²) in [6.45, 7) is 8.45. The number of halogens is 1. The normalized spacial score (nSPS) is 12.5. The number of hydrogen-bond donors (Lipinski definition) is 1. The molecule has 0 saturated carbocycles. The van der Waals surface area contributed by atoms with Gasteiger partial charge in [0.05, 0.1) is 0 Å². The van der Waals surface area contributed by atoms with Gasteiger partial charge in [0.1, 0.15) is 5.75 Å². The van der Waals surface area contributed by atoms with Crippen molar-refractivity contribution >= 4 is 27.5 Å². The van der Waals surface area contributed by atoms with Crippen LogP contribution in [0, 0.1) is 0 Å². The van der Waals surface area contributed by atoms with E-state index in [0.717, 1.165) is 10.2 Å². The molecule has 4 heteroatoms. The minimum atomic E-state index is -0.524. The molecule has 24 heavy (non-hydrogen) atoms. The average molecular weight is 390 g/mol. The lowest BCUT2D eigenvalue weighted by atomic mass is 9.87. The van der Waals surface area contributed by atoms with Crippen molar-refractivity contribution in [3.63, 3.8) is 0 Å². The largest absolute Gasteiger partial charge is 0.481 e. The molecule has 0 aliphatic heterocycles. The minimum absolute atomic E-state index is 0.0980. The van der Waals surface area contributed by atoms with Gasteiger partial charge in [0, 0.05) is 10.2 Å². The first kappa shape index (κ1) is 18.5. The number of hydrogen-bond acceptors (Lipinski definition) is 2. The molecule has 1 N–H and O–H groups in total. The van der Waals surface area contributed by atoms with E-state index in [1.54, 1.807) is 0 Å². The molecule has 2 rings (SSSR count). The van der Waals surface area contributed by atoms with Crippen LogP contribution < -0.4 is 10.1 Å². The van der Waals surface area contributed by atoms with Crippen LogP contribution >= 0.6 is 15.9 Å². The van der Waals surface area contributed by atoms with Crippen LogP contribution in [0.3, 0.4) is 0 Å². The molecule has 2 aromatic carbocycles. The molecule has 0 saturated heterocycles. The molecule has 0 heterocycles. The molecule has 3 nitrogen and oxygen atoms in total. The number of amides is 1. The standard InChI is InChI=1S/C20H24BrNO2/c1-5-18(19(23)22-16-8-6-7-15(21)13-16)24-17-11-9-14(10-12-17)20(2,3)4/h6-13,18H,5H2,1-4H3,(H,22,23). The molecule has 1 amide bonds. The van der Waals surface area contributed by atoms with E-state index in [2.05, 4.69) is 42.0 Å². The third-order valence-corrected chi connectivity index (χ3v) is 4.25. The second kappa shape index (κ2) is 7.84. The van der Waals surface area contributed by atoms with E-state index in [-0.39, 0.29) is 11.3 Å². The summed E-state index contributed by atoms with van der Waals surface area (Å²) in [6.07, 6.45) is 0.0744. The Morgan fingerprint density at radius 2 is 1.83 bits per heavy atom. The number of ether oxygens (including phenoxy) is 1. The predicted molar refractivity (Wildman–Crippen MR) is 103 cm³/mol. The average Bonchev–Trinajstić information content (AvgIpc) is 2.52. The fraction of sp³-hybridized carbons (Fsp3) is 0.350. The van der Waals surface area contributed by atoms with E-state index >= 15 is 0 Å². The van der Waals surface area contributed by atoms with Gasteiger partial charge in [-0.25, -0.2) is 0 Å². The maximum Gasteiger partial charge on any atom is 0.265 e. The van der Waals surface area contributed by atoms with E-state index in [0.29, 0.717) is 12.2 Å². The summed E-state index contributed by atoms with van der Waals surface area (Å²) in [5.41, 5.74) is 2.09. The summed E-state index contributed by atoms with van der Waals surface area (Å²) in [5, 5.41) is 2.90. The summed E-state index contributed by atoms with van der Waals surface area (Å²) in [5.74, 6) is 0.565. The van der Waals surface area contributed by atoms with Crippen LogP contribution in [0.5, 0.6) is 5.75 Å². The molecule has 128 valence electrons. The Bertz CT molecular complexity index is 690. The van der Waals surface area contributed by atoms with Crippen molar-refractivity contribution in [1.82, 2.24) is 0 Å². The zero-order valence-corrected chi connectivity index (χ0v) is 16.2. The molecule has 0 aromatic heterocycles. The van der Waals surface area contributed by atoms with Gasteiger partial charge < -0.3 is 10.1 Å². The summed E-state index contributed by atoms with van der Waals surface area (Å²) in [4.78, 5) is 12.4. The Kier molecular flexibility index (Phi) is 6.05. The molecule has 0 fully saturated rings. The van der Waals surface area contributed by atoms with E-state index < -0.39 is 6.10 Å². The molecule has 0 radical (unpaired) electrons. The fourth-order valence-electron chi connectivity index (χ4n) is 2.31. The van der Waals surface area contributed by atoms with Crippen molar-refractivity contribution in [3.8, 4) is 5.75 Å². The zero-order valence-electron chi connectivity index (χ0n) is 14.6. The van der Waals surface area contributed by atoms with Crippen molar-refractivity contribution < 1.29 is 9.53 Å². The minimum Gasteiger partial charge on any atom is -0.481 e. The second-order valence-corrected chi connectivity index (χ2v) is 7.70. The third-order valence-electron chi connectivity index (χ3n) is 3.75. The SMILES string of the molecule is CCC(Oc1ccc(C(C)(C)C)cc1)C(=O)Nc1cccc(Br)c1. The first-order valence-electron chi connectivity index (χ1n) is 8.13. The fourth-order valence-corrected chi connectivity index (χ4v) is 2.71. The molecular weight excluding hydrogens is 366 g/mol. The summed E-state index contributed by atoms with van der Waals surface area (Å²) >= 11 is 3.40. The van der Waals surface area contributed by atoms with Crippen LogP contribution in [-0.2, 0) is 10.2 Å². The van der Waals surface area contributed by atoms with Gasteiger partial charge in [-0.2, -0.15) is 0 Å². The number of benzene rings is 2. The molecule has 0 spiro atoms. The lowest BCUT2D eigenvalue weighted by Crippen LogP contribution is -2.32. The highest BCUT2D eigenvalue weighted by Gasteiger charge is 2.19. The first-order valence-corrected chi connectivity index (χ1v) is 8.92. The molecule has 2 aromatic rings. The molecule has 0 bridgehead atoms. The molecule has 1 unspecified atom stereocenters. The Morgan fingerprint density at radius 3 is 2.38 bits per heavy atom. The van der Waals surface area contributed by atoms with Crippen molar-refractivity contribution in [2.45, 2.75) is 45.6 Å². The van der Waals surface area contributed by atoms with Crippen LogP contribution in [0.4, 0.5) is 5.69 Å². The van der Waals surface area contributed by atoms with Gasteiger partial charge in [0.15, 0.2) is 6.10 Å². The number of anilines is 1. The number of carbonyl (C=O) groups excluding carboxylic acids is 1. The van der Waals surface area contributed by atoms with Crippen LogP contribution in [0.1, 0.15) is 39.7 Å². The highest BCUT2D eigenvalue weighted by molar-refractivity contribution is 9.10. The predicted octanol–water partition coefficient (Wildman–Crippen LogP) is 5.54. The smallest absolute Gasteiger partial charge is 0.265 e. The van der Waals surface area contributed by atoms with Crippen molar-refractivity contribution in [2.75, 3.05) is 5.32 Å². The van der Waals surface area contributed by atoms with Gasteiger partial charge in [-0.3, -0.25) is 4.79 Å². The van der Waals surface area contributed by atoms with E-state index in [1.807, 2.05) is 55.5 Å². The van der Waals surface area contributed by atoms with Gasteiger partial charge in [-0.15, -0.1) is 0 Å². The van der Waals surface area contributed by atoms with Crippen LogP contribution in [0.25, 0.3) is 0 Å². The van der Waals surface area contributed by atoms with E-state index in [9.17, 15) is 4.79 Å². The first-order chi connectivity index (χ1) is 11.3. The van der Waals surface area contributed by atoms with Gasteiger partial charge >= 0.3 is 0 Å². The quantitative estimate of drug-likeness (QED) is 0.728. The van der Waals surface area contributed by atoms with Gasteiger partial charge in [-0.1, -0.05) is 61.8 Å². The van der Waals surface area contributed by atoms with Crippen LogP contribution in [-0.4, -0.2) is 12.0 Å². The number of carbonyl (C=O) groups is 1. The second-order valence-electron chi connectivity index (χ2n) is 6.79. The van der Waals surface area contributed by atoms with Crippen LogP contribution in [0.15, 0.2) is 53.0 Å². The highest BCUT2D eigenvalue weighted by Crippen LogP contribution is 2.25. The number of rotatable bonds is 5. The molecule has 0 aliphatic rings. The van der Waals surface area contributed by atoms with Gasteiger partial charge in [0.2, 0.25) is 0 Å². The van der Waals surface area contributed by atoms with E-state index in [1.165, 1.54) is 5.56 Å². The third kappa shape index (κ3) is 5.10. The number of nitrogens with one attached hydrogen (secondary N) is 1. The maximum absolute atomic E-state index is 12.4.